The molecule has 2 fully saturated rings. The van der Waals surface area contributed by atoms with E-state index in [0.29, 0.717) is 11.5 Å². The molecule has 0 aromatic heterocycles. The first-order valence-electron chi connectivity index (χ1n) is 24.6. The van der Waals surface area contributed by atoms with E-state index in [9.17, 15) is 14.7 Å². The van der Waals surface area contributed by atoms with Crippen LogP contribution < -0.4 is 29.6 Å². The van der Waals surface area contributed by atoms with Crippen LogP contribution in [0.15, 0.2) is 199 Å². The van der Waals surface area contributed by atoms with Crippen LogP contribution in [0.5, 0.6) is 11.5 Å². The predicted octanol–water partition coefficient (Wildman–Crippen LogP) is 9.91. The number of hydrogen-bond donors (Lipinski definition) is 1. The van der Waals surface area contributed by atoms with Gasteiger partial charge in [0, 0.05) is 0 Å². The number of phenolic OH excluding ortho intramolecular Hbond substituents is 1. The Balaban J connectivity index is 0.000000251. The van der Waals surface area contributed by atoms with Crippen LogP contribution in [0.4, 0.5) is 0 Å². The molecule has 0 saturated heterocycles. The van der Waals surface area contributed by atoms with Gasteiger partial charge in [0.25, 0.3) is 0 Å². The van der Waals surface area contributed by atoms with E-state index in [1.807, 2.05) is 62.4 Å². The Labute approximate surface area is 450 Å². The van der Waals surface area contributed by atoms with Crippen LogP contribution in [-0.4, -0.2) is 38.2 Å². The Bertz CT molecular complexity index is 2380. The maximum absolute atomic E-state index is 13.1. The molecular weight excluding hydrogens is 1030 g/mol. The molecule has 6 aromatic carbocycles. The van der Waals surface area contributed by atoms with Crippen LogP contribution in [0.1, 0.15) is 119 Å². The van der Waals surface area contributed by atoms with Crippen molar-refractivity contribution in [3.63, 3.8) is 0 Å². The first kappa shape index (κ1) is 59.2. The largest absolute Gasteiger partial charge is 1.00 e. The van der Waals surface area contributed by atoms with E-state index in [2.05, 4.69) is 139 Å². The molecule has 0 amide bonds. The number of phenols is 1. The number of rotatable bonds is 14. The van der Waals surface area contributed by atoms with Crippen LogP contribution in [0.3, 0.4) is 0 Å². The summed E-state index contributed by atoms with van der Waals surface area (Å²) in [6.45, 7) is 11.5. The van der Waals surface area contributed by atoms with Crippen LogP contribution >= 0.6 is 15.9 Å². The number of carbonyl (C=O) groups is 2. The number of benzene rings is 6. The van der Waals surface area contributed by atoms with Crippen molar-refractivity contribution in [1.29, 1.82) is 0 Å². The maximum atomic E-state index is 13.1. The fourth-order valence-electron chi connectivity index (χ4n) is 8.69. The van der Waals surface area contributed by atoms with E-state index < -0.39 is 9.93 Å². The summed E-state index contributed by atoms with van der Waals surface area (Å²) in [5.74, 6) is 0.558. The average molecular weight is 1100 g/mol. The summed E-state index contributed by atoms with van der Waals surface area (Å²) in [7, 11) is -0.348. The van der Waals surface area contributed by atoms with Crippen molar-refractivity contribution in [2.24, 2.45) is 0 Å². The summed E-state index contributed by atoms with van der Waals surface area (Å²) in [4.78, 5) is 32.4. The predicted molar refractivity (Wildman–Crippen MR) is 287 cm³/mol. The van der Waals surface area contributed by atoms with E-state index in [1.165, 1.54) is 55.1 Å². The lowest BCUT2D eigenvalue weighted by Gasteiger charge is -2.38. The normalized spacial score (nSPS) is 14.9. The highest BCUT2D eigenvalue weighted by Crippen LogP contribution is 2.39. The standard InChI is InChI=1S/C30H35O3S.C18H14OS.C12H21BrO2.2ClH/c1-4-30(22-12-7-13-23-30)33-28(31)29(2,3)32-24-18-20-27(21-19-24)34(25-14-8-5-9-15-25)26-16-10-6-11-17-26;19-15-11-13-18(14-12-15)20(16-7-3-1-4-8-16)17-9-5-2-6-10-17;1-4-12(8-6-5-7-9-12)15-10(14)11(2,3)13;;/h5-6,8-11,14-21H,4,7,12-13,22-23H2,1-3H3;1-14H;4-9H2,1-3H3;2*1H/q+1;;;;/p-1. The Morgan fingerprint density at radius 3 is 1.08 bits per heavy atom. The third-order valence-electron chi connectivity index (χ3n) is 12.8. The Morgan fingerprint density at radius 1 is 0.479 bits per heavy atom. The van der Waals surface area contributed by atoms with Gasteiger partial charge in [-0.15, -0.1) is 0 Å². The van der Waals surface area contributed by atoms with Crippen LogP contribution in [0.25, 0.3) is 0 Å². The fraction of sp³-hybridized carbons (Fsp3) is 0.367. The first-order valence-corrected chi connectivity index (χ1v) is 27.8. The second kappa shape index (κ2) is 28.2. The summed E-state index contributed by atoms with van der Waals surface area (Å²) in [5.41, 5.74) is -1.57. The van der Waals surface area contributed by atoms with Crippen molar-refractivity contribution < 1.29 is 53.7 Å². The minimum atomic E-state index is -1.05. The number of ether oxygens (including phenoxy) is 3. The van der Waals surface area contributed by atoms with E-state index in [4.69, 9.17) is 14.2 Å². The van der Waals surface area contributed by atoms with E-state index >= 15 is 0 Å². The molecule has 0 unspecified atom stereocenters. The van der Waals surface area contributed by atoms with Crippen LogP contribution in [0.2, 0.25) is 0 Å². The summed E-state index contributed by atoms with van der Waals surface area (Å²) in [6.07, 6.45) is 12.8. The van der Waals surface area contributed by atoms with E-state index in [-0.39, 0.29) is 69.7 Å². The molecule has 0 heterocycles. The highest BCUT2D eigenvalue weighted by molar-refractivity contribution is 9.10. The molecule has 6 aromatic rings. The van der Waals surface area contributed by atoms with Gasteiger partial charge in [0.2, 0.25) is 0 Å². The van der Waals surface area contributed by atoms with Crippen molar-refractivity contribution in [3.05, 3.63) is 170 Å². The van der Waals surface area contributed by atoms with Crippen molar-refractivity contribution in [3.8, 4) is 11.5 Å². The number of aromatic hydroxyl groups is 1. The molecule has 0 radical (unpaired) electrons. The number of hydrogen-bond acceptors (Lipinski definition) is 6. The van der Waals surface area contributed by atoms with Gasteiger partial charge in [-0.2, -0.15) is 0 Å². The molecule has 11 heteroatoms. The van der Waals surface area contributed by atoms with E-state index in [1.54, 1.807) is 26.0 Å². The quantitative estimate of drug-likeness (QED) is 0.0665. The highest BCUT2D eigenvalue weighted by Gasteiger charge is 2.41. The van der Waals surface area contributed by atoms with Crippen molar-refractivity contribution >= 4 is 49.7 Å². The zero-order valence-electron chi connectivity index (χ0n) is 42.1. The SMILES string of the molecule is CCC1(OC(=O)C(C)(C)Br)CCCCC1.CCC1(OC(=O)C(C)(C)Oc2ccc([S+](c3ccccc3)c3ccccc3)cc2)CCCCC1.Oc1ccc([S+](c2ccccc2)c2ccccc2)cc1.[Cl-].[Cl-]. The maximum Gasteiger partial charge on any atom is 0.350 e. The third-order valence-corrected chi connectivity index (χ3v) is 17.6. The second-order valence-corrected chi connectivity index (χ2v) is 24.9. The molecule has 0 spiro atoms. The molecule has 380 valence electrons. The molecule has 6 nitrogen and oxygen atoms in total. The summed E-state index contributed by atoms with van der Waals surface area (Å²) < 4.78 is 17.4. The summed E-state index contributed by atoms with van der Waals surface area (Å²) in [6, 6.07) is 57.7. The second-order valence-electron chi connectivity index (χ2n) is 18.9. The number of carbonyl (C=O) groups excluding carboxylic acids is 2. The van der Waals surface area contributed by atoms with Crippen LogP contribution in [0, 0.1) is 0 Å². The molecule has 2 saturated carbocycles. The van der Waals surface area contributed by atoms with Gasteiger partial charge < -0.3 is 44.1 Å². The number of halogens is 3. The summed E-state index contributed by atoms with van der Waals surface area (Å²) in [5, 5.41) is 9.48. The fourth-order valence-corrected chi connectivity index (χ4v) is 12.9. The Hall–Kier alpha value is -4.38. The molecule has 0 atom stereocenters. The molecule has 71 heavy (non-hydrogen) atoms. The lowest BCUT2D eigenvalue weighted by Crippen LogP contribution is -3.00. The number of alkyl halides is 1. The zero-order chi connectivity index (χ0) is 49.3. The Morgan fingerprint density at radius 2 is 0.775 bits per heavy atom. The van der Waals surface area contributed by atoms with Gasteiger partial charge >= 0.3 is 11.9 Å². The smallest absolute Gasteiger partial charge is 0.350 e. The van der Waals surface area contributed by atoms with Gasteiger partial charge in [0.1, 0.15) is 27.0 Å². The first-order chi connectivity index (χ1) is 33.2. The zero-order valence-corrected chi connectivity index (χ0v) is 46.8. The summed E-state index contributed by atoms with van der Waals surface area (Å²) >= 11 is 3.35. The average Bonchev–Trinajstić information content (AvgIpc) is 3.37. The van der Waals surface area contributed by atoms with Crippen molar-refractivity contribution in [1.82, 2.24) is 0 Å². The van der Waals surface area contributed by atoms with Crippen molar-refractivity contribution in [2.45, 2.75) is 169 Å². The molecule has 0 bridgehead atoms. The van der Waals surface area contributed by atoms with Gasteiger partial charge in [-0.1, -0.05) is 115 Å². The van der Waals surface area contributed by atoms with Crippen LogP contribution in [-0.2, 0) is 40.9 Å². The minimum absolute atomic E-state index is 0. The number of esters is 2. The van der Waals surface area contributed by atoms with E-state index in [0.717, 1.165) is 51.4 Å². The van der Waals surface area contributed by atoms with Gasteiger partial charge in [-0.3, -0.25) is 4.79 Å². The highest BCUT2D eigenvalue weighted by atomic mass is 79.9. The van der Waals surface area contributed by atoms with Gasteiger partial charge in [-0.25, -0.2) is 4.79 Å². The van der Waals surface area contributed by atoms with Crippen molar-refractivity contribution in [2.75, 3.05) is 0 Å². The van der Waals surface area contributed by atoms with Gasteiger partial charge in [0.15, 0.2) is 35.0 Å². The molecule has 0 aliphatic heterocycles. The van der Waals surface area contributed by atoms with Gasteiger partial charge in [0.05, 0.1) is 21.8 Å². The molecule has 2 aliphatic carbocycles. The minimum Gasteiger partial charge on any atom is -1.00 e. The monoisotopic (exact) mass is 1100 g/mol. The topological polar surface area (TPSA) is 82.1 Å². The van der Waals surface area contributed by atoms with Gasteiger partial charge in [-0.05, 0) is 189 Å². The molecule has 1 N–H and O–H groups in total. The molecule has 8 rings (SSSR count). The Kier molecular flexibility index (Phi) is 23.5. The third kappa shape index (κ3) is 17.1. The lowest BCUT2D eigenvalue weighted by molar-refractivity contribution is -0.179. The molecule has 2 aliphatic rings. The molecular formula is C60H71BrCl2O6S2. The lowest BCUT2D eigenvalue weighted by atomic mass is 9.82.